The summed E-state index contributed by atoms with van der Waals surface area (Å²) in [6, 6.07) is 6.76. The number of nitrogens with two attached hydrogens (primary N) is 1. The van der Waals surface area contributed by atoms with Crippen LogP contribution in [-0.4, -0.2) is 12.1 Å². The van der Waals surface area contributed by atoms with E-state index in [2.05, 4.69) is 11.8 Å². The molecule has 4 nitrogen and oxygen atoms in total. The summed E-state index contributed by atoms with van der Waals surface area (Å²) in [5.41, 5.74) is 0.558. The van der Waals surface area contributed by atoms with Gasteiger partial charge in [-0.15, -0.1) is 0 Å². The summed E-state index contributed by atoms with van der Waals surface area (Å²) in [6.07, 6.45) is 12.9. The Labute approximate surface area is 157 Å². The third-order valence-corrected chi connectivity index (χ3v) is 6.47. The molecule has 1 aromatic rings. The summed E-state index contributed by atoms with van der Waals surface area (Å²) >= 11 is 0. The van der Waals surface area contributed by atoms with Crippen LogP contribution >= 0.6 is 0 Å². The number of benzene rings is 1. The van der Waals surface area contributed by atoms with Crippen molar-refractivity contribution < 1.29 is 14.4 Å². The smallest absolute Gasteiger partial charge is 0.338 e. The van der Waals surface area contributed by atoms with Crippen molar-refractivity contribution in [3.63, 3.8) is 0 Å². The van der Waals surface area contributed by atoms with Gasteiger partial charge in [0.2, 0.25) is 0 Å². The van der Waals surface area contributed by atoms with Crippen LogP contribution in [0.15, 0.2) is 24.3 Å². The van der Waals surface area contributed by atoms with Gasteiger partial charge in [0.05, 0.1) is 5.56 Å². The molecule has 0 spiro atoms. The van der Waals surface area contributed by atoms with Crippen LogP contribution in [0.25, 0.3) is 0 Å². The molecule has 0 aromatic heterocycles. The van der Waals surface area contributed by atoms with Crippen molar-refractivity contribution in [1.82, 2.24) is 0 Å². The van der Waals surface area contributed by atoms with Gasteiger partial charge in [0.15, 0.2) is 0 Å². The summed E-state index contributed by atoms with van der Waals surface area (Å²) in [5.74, 6) is 8.13. The molecule has 3 rings (SSSR count). The van der Waals surface area contributed by atoms with Gasteiger partial charge in [-0.05, 0) is 80.5 Å². The van der Waals surface area contributed by atoms with E-state index in [1.165, 1.54) is 51.4 Å². The van der Waals surface area contributed by atoms with Crippen molar-refractivity contribution >= 4 is 5.97 Å². The van der Waals surface area contributed by atoms with Gasteiger partial charge in [0.1, 0.15) is 11.9 Å². The molecule has 2 aliphatic carbocycles. The lowest BCUT2D eigenvalue weighted by Crippen LogP contribution is -2.29. The molecule has 1 aromatic carbocycles. The van der Waals surface area contributed by atoms with E-state index in [4.69, 9.17) is 10.6 Å². The summed E-state index contributed by atoms with van der Waals surface area (Å²) in [5, 5.41) is 0. The number of ether oxygens (including phenoxy) is 1. The largest absolute Gasteiger partial charge is 0.459 e. The average Bonchev–Trinajstić information content (AvgIpc) is 2.69. The molecule has 4 heteroatoms. The van der Waals surface area contributed by atoms with Crippen LogP contribution in [-0.2, 0) is 4.74 Å². The predicted octanol–water partition coefficient (Wildman–Crippen LogP) is 5.26. The van der Waals surface area contributed by atoms with Gasteiger partial charge in [0.25, 0.3) is 0 Å². The second-order valence-electron chi connectivity index (χ2n) is 8.15. The van der Waals surface area contributed by atoms with E-state index in [1.54, 1.807) is 24.3 Å². The number of carbonyl (C=O) groups excluding carboxylic acids is 1. The van der Waals surface area contributed by atoms with Gasteiger partial charge >= 0.3 is 5.97 Å². The minimum atomic E-state index is -0.239. The van der Waals surface area contributed by atoms with E-state index in [0.717, 1.165) is 30.6 Å². The van der Waals surface area contributed by atoms with Crippen molar-refractivity contribution in [2.45, 2.75) is 77.2 Å². The van der Waals surface area contributed by atoms with Crippen LogP contribution in [0.5, 0.6) is 5.75 Å². The van der Waals surface area contributed by atoms with Gasteiger partial charge < -0.3 is 9.57 Å². The van der Waals surface area contributed by atoms with Crippen LogP contribution in [0, 0.1) is 17.8 Å². The molecule has 0 radical (unpaired) electrons. The van der Waals surface area contributed by atoms with E-state index >= 15 is 0 Å². The molecule has 0 amide bonds. The van der Waals surface area contributed by atoms with Gasteiger partial charge in [0, 0.05) is 0 Å². The highest BCUT2D eigenvalue weighted by Crippen LogP contribution is 2.41. The molecule has 2 fully saturated rings. The molecule has 2 aliphatic rings. The van der Waals surface area contributed by atoms with E-state index in [9.17, 15) is 4.79 Å². The van der Waals surface area contributed by atoms with Crippen molar-refractivity contribution in [1.29, 1.82) is 0 Å². The van der Waals surface area contributed by atoms with Gasteiger partial charge in [-0.2, -0.15) is 5.90 Å². The highest BCUT2D eigenvalue weighted by Gasteiger charge is 2.31. The zero-order valence-corrected chi connectivity index (χ0v) is 16.0. The zero-order chi connectivity index (χ0) is 18.4. The van der Waals surface area contributed by atoms with Crippen molar-refractivity contribution in [3.8, 4) is 5.75 Å². The Morgan fingerprint density at radius 2 is 1.54 bits per heavy atom. The molecule has 26 heavy (non-hydrogen) atoms. The Morgan fingerprint density at radius 1 is 0.962 bits per heavy atom. The quantitative estimate of drug-likeness (QED) is 0.556. The number of esters is 1. The lowest BCUT2D eigenvalue weighted by atomic mass is 9.70. The van der Waals surface area contributed by atoms with Crippen molar-refractivity contribution in [2.24, 2.45) is 23.7 Å². The summed E-state index contributed by atoms with van der Waals surface area (Å²) in [7, 11) is 0. The molecule has 0 bridgehead atoms. The van der Waals surface area contributed by atoms with Gasteiger partial charge in [-0.25, -0.2) is 4.79 Å². The normalized spacial score (nSPS) is 29.2. The third-order valence-electron chi connectivity index (χ3n) is 6.47. The molecule has 0 saturated heterocycles. The number of hydrogen-bond acceptors (Lipinski definition) is 4. The summed E-state index contributed by atoms with van der Waals surface area (Å²) in [4.78, 5) is 16.9. The molecular weight excluding hydrogens is 326 g/mol. The number of carbonyl (C=O) groups is 1. The molecule has 0 unspecified atom stereocenters. The fraction of sp³-hybridized carbons (Fsp3) is 0.682. The van der Waals surface area contributed by atoms with E-state index in [1.807, 2.05) is 0 Å². The molecule has 144 valence electrons. The minimum absolute atomic E-state index is 0.0700. The maximum absolute atomic E-state index is 12.3. The zero-order valence-electron chi connectivity index (χ0n) is 16.0. The monoisotopic (exact) mass is 359 g/mol. The Kier molecular flexibility index (Phi) is 6.95. The molecule has 2 N–H and O–H groups in total. The Balaban J connectivity index is 1.41. The Bertz CT molecular complexity index is 555. The Morgan fingerprint density at radius 3 is 2.08 bits per heavy atom. The van der Waals surface area contributed by atoms with Crippen LogP contribution in [0.1, 0.15) is 81.5 Å². The second kappa shape index (κ2) is 9.40. The topological polar surface area (TPSA) is 61.5 Å². The molecule has 2 saturated carbocycles. The third kappa shape index (κ3) is 5.00. The van der Waals surface area contributed by atoms with E-state index in [-0.39, 0.29) is 12.1 Å². The second-order valence-corrected chi connectivity index (χ2v) is 8.15. The molecule has 0 heterocycles. The highest BCUT2D eigenvalue weighted by molar-refractivity contribution is 5.89. The fourth-order valence-corrected chi connectivity index (χ4v) is 4.92. The standard InChI is InChI=1S/C22H33NO3/c1-2-3-16-4-6-17(7-5-16)18-8-12-20(13-9-18)25-22(24)19-10-14-21(26-23)15-11-19/h10-11,14-18,20H,2-9,12-13,23H2,1H3. The number of rotatable bonds is 6. The lowest BCUT2D eigenvalue weighted by molar-refractivity contribution is 0.0109. The van der Waals surface area contributed by atoms with E-state index in [0.29, 0.717) is 11.3 Å². The molecular formula is C22H33NO3. The van der Waals surface area contributed by atoms with Gasteiger partial charge in [-0.1, -0.05) is 32.6 Å². The van der Waals surface area contributed by atoms with Crippen LogP contribution in [0.4, 0.5) is 0 Å². The maximum atomic E-state index is 12.3. The maximum Gasteiger partial charge on any atom is 0.338 e. The lowest BCUT2D eigenvalue weighted by Gasteiger charge is -2.37. The van der Waals surface area contributed by atoms with Crippen LogP contribution in [0.2, 0.25) is 0 Å². The van der Waals surface area contributed by atoms with Gasteiger partial charge in [-0.3, -0.25) is 0 Å². The number of hydrogen-bond donors (Lipinski definition) is 1. The molecule has 0 atom stereocenters. The first-order valence-corrected chi connectivity index (χ1v) is 10.4. The Hall–Kier alpha value is -1.55. The average molecular weight is 360 g/mol. The summed E-state index contributed by atoms with van der Waals surface area (Å²) in [6.45, 7) is 2.30. The van der Waals surface area contributed by atoms with Crippen molar-refractivity contribution in [2.75, 3.05) is 0 Å². The SMILES string of the molecule is CCCC1CCC(C2CCC(OC(=O)c3ccc(ON)cc3)CC2)CC1. The predicted molar refractivity (Wildman–Crippen MR) is 103 cm³/mol. The van der Waals surface area contributed by atoms with E-state index < -0.39 is 0 Å². The van der Waals surface area contributed by atoms with Crippen molar-refractivity contribution in [3.05, 3.63) is 29.8 Å². The first-order chi connectivity index (χ1) is 12.7. The highest BCUT2D eigenvalue weighted by atomic mass is 16.6. The van der Waals surface area contributed by atoms with Crippen LogP contribution < -0.4 is 10.7 Å². The first kappa shape index (κ1) is 19.2. The minimum Gasteiger partial charge on any atom is -0.459 e. The van der Waals surface area contributed by atoms with Crippen LogP contribution in [0.3, 0.4) is 0 Å². The fourth-order valence-electron chi connectivity index (χ4n) is 4.92. The summed E-state index contributed by atoms with van der Waals surface area (Å²) < 4.78 is 5.72. The molecule has 0 aliphatic heterocycles. The first-order valence-electron chi connectivity index (χ1n) is 10.4.